The van der Waals surface area contributed by atoms with Crippen molar-refractivity contribution in [2.75, 3.05) is 0 Å². The largest absolute Gasteiger partial charge is 0.468 e. The summed E-state index contributed by atoms with van der Waals surface area (Å²) in [7, 11) is 0. The fraction of sp³-hybridized carbons (Fsp3) is 0.231. The average molecular weight is 298 g/mol. The van der Waals surface area contributed by atoms with Gasteiger partial charge >= 0.3 is 0 Å². The van der Waals surface area contributed by atoms with Crippen molar-refractivity contribution in [3.05, 3.63) is 58.2 Å². The Bertz CT molecular complexity index is 484. The van der Waals surface area contributed by atoms with Crippen LogP contribution in [-0.4, -0.2) is 0 Å². The Hall–Kier alpha value is -1.13. The molecule has 0 radical (unpaired) electrons. The zero-order valence-corrected chi connectivity index (χ0v) is 11.0. The third-order valence-electron chi connectivity index (χ3n) is 2.58. The maximum Gasteiger partial charge on any atom is 0.123 e. The normalized spacial score (nSPS) is 12.6. The number of hydrogen-bond donors (Lipinski definition) is 1. The van der Waals surface area contributed by atoms with Crippen LogP contribution in [0.1, 0.15) is 24.3 Å². The highest BCUT2D eigenvalue weighted by molar-refractivity contribution is 9.10. The lowest BCUT2D eigenvalue weighted by atomic mass is 10.2. The van der Waals surface area contributed by atoms with E-state index < -0.39 is 0 Å². The molecule has 0 saturated carbocycles. The minimum Gasteiger partial charge on any atom is -0.468 e. The fourth-order valence-electron chi connectivity index (χ4n) is 1.58. The predicted octanol–water partition coefficient (Wildman–Crippen LogP) is 4.03. The molecular formula is C13H13BrFNO. The lowest BCUT2D eigenvalue weighted by Gasteiger charge is -2.12. The van der Waals surface area contributed by atoms with E-state index >= 15 is 0 Å². The van der Waals surface area contributed by atoms with Crippen molar-refractivity contribution < 1.29 is 8.81 Å². The molecule has 2 rings (SSSR count). The van der Waals surface area contributed by atoms with Crippen LogP contribution in [0.5, 0.6) is 0 Å². The van der Waals surface area contributed by atoms with E-state index in [0.717, 1.165) is 15.8 Å². The van der Waals surface area contributed by atoms with Gasteiger partial charge in [-0.25, -0.2) is 4.39 Å². The van der Waals surface area contributed by atoms with Crippen LogP contribution in [0.2, 0.25) is 0 Å². The Morgan fingerprint density at radius 3 is 2.94 bits per heavy atom. The molecule has 0 spiro atoms. The smallest absolute Gasteiger partial charge is 0.123 e. The Morgan fingerprint density at radius 1 is 1.41 bits per heavy atom. The van der Waals surface area contributed by atoms with Gasteiger partial charge in [-0.2, -0.15) is 0 Å². The fourth-order valence-corrected chi connectivity index (χ4v) is 1.97. The summed E-state index contributed by atoms with van der Waals surface area (Å²) in [5, 5.41) is 3.28. The Labute approximate surface area is 108 Å². The van der Waals surface area contributed by atoms with E-state index in [0.29, 0.717) is 6.54 Å². The van der Waals surface area contributed by atoms with Crippen molar-refractivity contribution in [2.24, 2.45) is 0 Å². The SMILES string of the molecule is CC(NCc1cc(F)ccc1Br)c1ccco1. The molecule has 0 fully saturated rings. The van der Waals surface area contributed by atoms with Gasteiger partial charge in [-0.1, -0.05) is 15.9 Å². The van der Waals surface area contributed by atoms with Crippen molar-refractivity contribution >= 4 is 15.9 Å². The molecule has 1 unspecified atom stereocenters. The van der Waals surface area contributed by atoms with Crippen molar-refractivity contribution in [1.82, 2.24) is 5.32 Å². The summed E-state index contributed by atoms with van der Waals surface area (Å²) in [5.74, 6) is 0.646. The van der Waals surface area contributed by atoms with Crippen LogP contribution in [0.15, 0.2) is 45.5 Å². The van der Waals surface area contributed by atoms with E-state index in [2.05, 4.69) is 21.2 Å². The predicted molar refractivity (Wildman–Crippen MR) is 68.1 cm³/mol. The summed E-state index contributed by atoms with van der Waals surface area (Å²) in [6.07, 6.45) is 1.64. The van der Waals surface area contributed by atoms with Gasteiger partial charge in [0.15, 0.2) is 0 Å². The highest BCUT2D eigenvalue weighted by atomic mass is 79.9. The van der Waals surface area contributed by atoms with Crippen LogP contribution in [0.25, 0.3) is 0 Å². The maximum absolute atomic E-state index is 13.1. The van der Waals surface area contributed by atoms with Crippen LogP contribution >= 0.6 is 15.9 Å². The molecule has 90 valence electrons. The zero-order valence-electron chi connectivity index (χ0n) is 9.41. The summed E-state index contributed by atoms with van der Waals surface area (Å²) in [6, 6.07) is 8.53. The van der Waals surface area contributed by atoms with E-state index in [-0.39, 0.29) is 11.9 Å². The van der Waals surface area contributed by atoms with Crippen molar-refractivity contribution in [3.8, 4) is 0 Å². The van der Waals surface area contributed by atoms with Gasteiger partial charge in [-0.3, -0.25) is 0 Å². The van der Waals surface area contributed by atoms with Crippen LogP contribution in [-0.2, 0) is 6.54 Å². The lowest BCUT2D eigenvalue weighted by Crippen LogP contribution is -2.17. The van der Waals surface area contributed by atoms with Crippen LogP contribution < -0.4 is 5.32 Å². The average Bonchev–Trinajstić information content (AvgIpc) is 2.83. The van der Waals surface area contributed by atoms with Gasteiger partial charge in [0.25, 0.3) is 0 Å². The number of halogens is 2. The van der Waals surface area contributed by atoms with Gasteiger partial charge < -0.3 is 9.73 Å². The molecule has 1 aromatic heterocycles. The highest BCUT2D eigenvalue weighted by Crippen LogP contribution is 2.19. The van der Waals surface area contributed by atoms with Crippen LogP contribution in [0, 0.1) is 5.82 Å². The van der Waals surface area contributed by atoms with Gasteiger partial charge in [0.1, 0.15) is 11.6 Å². The van der Waals surface area contributed by atoms with E-state index in [9.17, 15) is 4.39 Å². The Morgan fingerprint density at radius 2 is 2.24 bits per heavy atom. The second-order valence-electron chi connectivity index (χ2n) is 3.85. The van der Waals surface area contributed by atoms with Gasteiger partial charge in [0.05, 0.1) is 12.3 Å². The molecule has 0 amide bonds. The number of nitrogens with one attached hydrogen (secondary N) is 1. The molecule has 1 heterocycles. The number of furan rings is 1. The summed E-state index contributed by atoms with van der Waals surface area (Å²) in [4.78, 5) is 0. The van der Waals surface area contributed by atoms with Crippen molar-refractivity contribution in [2.45, 2.75) is 19.5 Å². The molecule has 17 heavy (non-hydrogen) atoms. The summed E-state index contributed by atoms with van der Waals surface area (Å²) >= 11 is 3.40. The summed E-state index contributed by atoms with van der Waals surface area (Å²) in [5.41, 5.74) is 0.892. The molecule has 0 aliphatic rings. The molecule has 2 nitrogen and oxygen atoms in total. The van der Waals surface area contributed by atoms with Crippen LogP contribution in [0.4, 0.5) is 4.39 Å². The number of hydrogen-bond acceptors (Lipinski definition) is 2. The van der Waals surface area contributed by atoms with E-state index in [1.54, 1.807) is 12.3 Å². The minimum absolute atomic E-state index is 0.0974. The number of rotatable bonds is 4. The first-order valence-corrected chi connectivity index (χ1v) is 6.17. The van der Waals surface area contributed by atoms with E-state index in [1.165, 1.54) is 12.1 Å². The summed E-state index contributed by atoms with van der Waals surface area (Å²) < 4.78 is 19.3. The molecule has 0 bridgehead atoms. The molecular weight excluding hydrogens is 285 g/mol. The topological polar surface area (TPSA) is 25.2 Å². The maximum atomic E-state index is 13.1. The highest BCUT2D eigenvalue weighted by Gasteiger charge is 2.08. The molecule has 2 aromatic rings. The van der Waals surface area contributed by atoms with E-state index in [1.807, 2.05) is 19.1 Å². The molecule has 1 atom stereocenters. The first-order valence-electron chi connectivity index (χ1n) is 5.37. The monoisotopic (exact) mass is 297 g/mol. The third kappa shape index (κ3) is 3.17. The Balaban J connectivity index is 2.00. The van der Waals surface area contributed by atoms with Gasteiger partial charge in [0, 0.05) is 11.0 Å². The molecule has 0 aliphatic heterocycles. The lowest BCUT2D eigenvalue weighted by molar-refractivity contribution is 0.429. The van der Waals surface area contributed by atoms with Gasteiger partial charge in [-0.15, -0.1) is 0 Å². The standard InChI is InChI=1S/C13H13BrFNO/c1-9(13-3-2-6-17-13)16-8-10-7-11(15)4-5-12(10)14/h2-7,9,16H,8H2,1H3. The molecule has 4 heteroatoms. The number of benzene rings is 1. The van der Waals surface area contributed by atoms with Crippen LogP contribution in [0.3, 0.4) is 0 Å². The van der Waals surface area contributed by atoms with Gasteiger partial charge in [0.2, 0.25) is 0 Å². The molecule has 1 N–H and O–H groups in total. The Kier molecular flexibility index (Phi) is 3.97. The first kappa shape index (κ1) is 12.3. The minimum atomic E-state index is -0.226. The van der Waals surface area contributed by atoms with E-state index in [4.69, 9.17) is 4.42 Å². The zero-order chi connectivity index (χ0) is 12.3. The molecule has 0 saturated heterocycles. The summed E-state index contributed by atoms with van der Waals surface area (Å²) in [6.45, 7) is 2.59. The molecule has 0 aliphatic carbocycles. The second-order valence-corrected chi connectivity index (χ2v) is 4.71. The third-order valence-corrected chi connectivity index (χ3v) is 3.35. The van der Waals surface area contributed by atoms with Crippen molar-refractivity contribution in [3.63, 3.8) is 0 Å². The first-order chi connectivity index (χ1) is 8.16. The molecule has 1 aromatic carbocycles. The van der Waals surface area contributed by atoms with Gasteiger partial charge in [-0.05, 0) is 42.8 Å². The quantitative estimate of drug-likeness (QED) is 0.922. The van der Waals surface area contributed by atoms with Crippen molar-refractivity contribution in [1.29, 1.82) is 0 Å². The second kappa shape index (κ2) is 5.47.